The summed E-state index contributed by atoms with van der Waals surface area (Å²) >= 11 is 1.86. The van der Waals surface area contributed by atoms with Crippen molar-refractivity contribution in [1.82, 2.24) is 15.8 Å². The van der Waals surface area contributed by atoms with E-state index in [4.69, 9.17) is 9.47 Å². The van der Waals surface area contributed by atoms with Crippen LogP contribution in [-0.4, -0.2) is 56.3 Å². The molecule has 5 unspecified atom stereocenters. The molecule has 3 aliphatic heterocycles. The number of carbonyl (C=O) groups excluding carboxylic acids is 1. The van der Waals surface area contributed by atoms with Crippen LogP contribution in [0.4, 0.5) is 5.69 Å². The van der Waals surface area contributed by atoms with Gasteiger partial charge in [-0.25, -0.2) is 0 Å². The number of methoxy groups -OCH3 is 1. The van der Waals surface area contributed by atoms with Gasteiger partial charge in [0.05, 0.1) is 25.7 Å². The summed E-state index contributed by atoms with van der Waals surface area (Å²) in [5, 5.41) is 5.41. The predicted octanol–water partition coefficient (Wildman–Crippen LogP) is 3.77. The number of amides is 1. The van der Waals surface area contributed by atoms with Crippen LogP contribution >= 0.6 is 11.3 Å². The van der Waals surface area contributed by atoms with Gasteiger partial charge in [0.25, 0.3) is 0 Å². The fraction of sp³-hybridized carbons (Fsp3) is 0.552. The molecule has 5 aliphatic rings. The Morgan fingerprint density at radius 3 is 2.97 bits per heavy atom. The lowest BCUT2D eigenvalue weighted by atomic mass is 9.73. The topological polar surface area (TPSA) is 74.9 Å². The smallest absolute Gasteiger partial charge is 0.235 e. The first-order valence-corrected chi connectivity index (χ1v) is 14.6. The minimum Gasteiger partial charge on any atom is -0.497 e. The van der Waals surface area contributed by atoms with E-state index in [0.29, 0.717) is 29.8 Å². The maximum Gasteiger partial charge on any atom is 0.235 e. The summed E-state index contributed by atoms with van der Waals surface area (Å²) < 4.78 is 10.9. The zero-order chi connectivity index (χ0) is 25.0. The van der Waals surface area contributed by atoms with Gasteiger partial charge in [0, 0.05) is 42.3 Å². The van der Waals surface area contributed by atoms with Crippen molar-refractivity contribution < 1.29 is 14.3 Å². The van der Waals surface area contributed by atoms with E-state index in [0.717, 1.165) is 62.7 Å². The first-order valence-electron chi connectivity index (χ1n) is 13.7. The molecule has 37 heavy (non-hydrogen) atoms. The molecule has 4 heterocycles. The largest absolute Gasteiger partial charge is 0.497 e. The number of ether oxygens (including phenoxy) is 2. The van der Waals surface area contributed by atoms with Crippen LogP contribution < -0.4 is 20.9 Å². The van der Waals surface area contributed by atoms with E-state index in [1.807, 2.05) is 23.5 Å². The zero-order valence-electron chi connectivity index (χ0n) is 21.4. The first-order chi connectivity index (χ1) is 18.1. The Balaban J connectivity index is 0.975. The second kappa shape index (κ2) is 9.50. The lowest BCUT2D eigenvalue weighted by Crippen LogP contribution is -2.37. The van der Waals surface area contributed by atoms with E-state index in [-0.39, 0.29) is 11.3 Å². The monoisotopic (exact) mass is 520 g/mol. The third kappa shape index (κ3) is 4.23. The molecule has 196 valence electrons. The van der Waals surface area contributed by atoms with Gasteiger partial charge >= 0.3 is 0 Å². The summed E-state index contributed by atoms with van der Waals surface area (Å²) in [6.45, 7) is 4.77. The number of fused-ring (bicyclic) bond motifs is 3. The van der Waals surface area contributed by atoms with Crippen LogP contribution in [0.5, 0.6) is 5.75 Å². The van der Waals surface area contributed by atoms with Crippen molar-refractivity contribution in [2.75, 3.05) is 38.7 Å². The van der Waals surface area contributed by atoms with Gasteiger partial charge in [-0.2, -0.15) is 0 Å². The Labute approximate surface area is 222 Å². The Bertz CT molecular complexity index is 1210. The normalized spacial score (nSPS) is 35.1. The number of hydrogen-bond donors (Lipinski definition) is 3. The van der Waals surface area contributed by atoms with Crippen molar-refractivity contribution in [2.24, 2.45) is 17.8 Å². The van der Waals surface area contributed by atoms with E-state index < -0.39 is 0 Å². The highest BCUT2D eigenvalue weighted by molar-refractivity contribution is 7.10. The average Bonchev–Trinajstić information content (AvgIpc) is 3.16. The molecular weight excluding hydrogens is 484 g/mol. The molecule has 1 aromatic heterocycles. The van der Waals surface area contributed by atoms with Gasteiger partial charge in [-0.15, -0.1) is 11.3 Å². The van der Waals surface area contributed by atoms with Gasteiger partial charge in [0.1, 0.15) is 5.75 Å². The van der Waals surface area contributed by atoms with Crippen molar-refractivity contribution in [2.45, 2.75) is 49.7 Å². The van der Waals surface area contributed by atoms with Crippen LogP contribution in [-0.2, 0) is 21.5 Å². The quantitative estimate of drug-likeness (QED) is 0.539. The molecular formula is C29H36N4O3S. The Hall–Kier alpha value is -2.23. The lowest BCUT2D eigenvalue weighted by molar-refractivity contribution is -0.118. The second-order valence-electron chi connectivity index (χ2n) is 11.4. The van der Waals surface area contributed by atoms with E-state index in [2.05, 4.69) is 50.7 Å². The minimum atomic E-state index is -0.343. The Morgan fingerprint density at radius 2 is 2.11 bits per heavy atom. The van der Waals surface area contributed by atoms with Gasteiger partial charge in [-0.1, -0.05) is 12.2 Å². The fourth-order valence-corrected chi connectivity index (χ4v) is 8.26. The second-order valence-corrected chi connectivity index (χ2v) is 12.4. The maximum absolute atomic E-state index is 13.1. The van der Waals surface area contributed by atoms with Gasteiger partial charge in [0.15, 0.2) is 0 Å². The molecule has 7 nitrogen and oxygen atoms in total. The summed E-state index contributed by atoms with van der Waals surface area (Å²) in [6.07, 6.45) is 9.11. The minimum absolute atomic E-state index is 0.185. The van der Waals surface area contributed by atoms with E-state index >= 15 is 0 Å². The van der Waals surface area contributed by atoms with Crippen molar-refractivity contribution in [3.63, 3.8) is 0 Å². The summed E-state index contributed by atoms with van der Waals surface area (Å²) in [4.78, 5) is 17.0. The van der Waals surface area contributed by atoms with Gasteiger partial charge in [0.2, 0.25) is 5.91 Å². The van der Waals surface area contributed by atoms with Gasteiger partial charge in [-0.3, -0.25) is 20.5 Å². The summed E-state index contributed by atoms with van der Waals surface area (Å²) in [5.74, 6) is 2.61. The third-order valence-corrected chi connectivity index (χ3v) is 10.4. The predicted molar refractivity (Wildman–Crippen MR) is 146 cm³/mol. The highest BCUT2D eigenvalue weighted by Gasteiger charge is 2.67. The number of carbonyl (C=O) groups is 1. The maximum atomic E-state index is 13.1. The number of hydrogen-bond acceptors (Lipinski definition) is 7. The molecule has 0 radical (unpaired) electrons. The summed E-state index contributed by atoms with van der Waals surface area (Å²) in [7, 11) is 1.69. The van der Waals surface area contributed by atoms with Gasteiger partial charge < -0.3 is 14.8 Å². The van der Waals surface area contributed by atoms with Crippen LogP contribution in [0.2, 0.25) is 0 Å². The molecule has 4 fully saturated rings. The Kier molecular flexibility index (Phi) is 6.13. The molecule has 8 heteroatoms. The average molecular weight is 521 g/mol. The number of nitrogens with one attached hydrogen (secondary N) is 3. The van der Waals surface area contributed by atoms with Crippen LogP contribution in [0.15, 0.2) is 35.7 Å². The number of morpholine rings is 1. The lowest BCUT2D eigenvalue weighted by Gasteiger charge is -2.33. The summed E-state index contributed by atoms with van der Waals surface area (Å²) in [6, 6.07) is 9.14. The van der Waals surface area contributed by atoms with Crippen molar-refractivity contribution in [3.8, 4) is 5.75 Å². The highest BCUT2D eigenvalue weighted by Crippen LogP contribution is 2.65. The molecule has 1 spiro atoms. The molecule has 0 bridgehead atoms. The van der Waals surface area contributed by atoms with Crippen LogP contribution in [0, 0.1) is 17.8 Å². The summed E-state index contributed by atoms with van der Waals surface area (Å²) in [5.41, 5.74) is 10.2. The van der Waals surface area contributed by atoms with Crippen molar-refractivity contribution in [3.05, 3.63) is 51.7 Å². The molecule has 3 N–H and O–H groups in total. The number of nitrogens with zero attached hydrogens (tertiary/aromatic N) is 1. The molecule has 7 rings (SSSR count). The molecule has 6 atom stereocenters. The van der Waals surface area contributed by atoms with Crippen LogP contribution in [0.3, 0.4) is 0 Å². The molecule has 2 saturated carbocycles. The van der Waals surface area contributed by atoms with Crippen molar-refractivity contribution >= 4 is 29.0 Å². The molecule has 1 aromatic carbocycles. The molecule has 2 aliphatic carbocycles. The SMILES string of the molecule is COc1ccc2c(c1)[C@]1(CC1C1CCC3C(/C=C/c4csc(CN5CCOCC5)c4)NNC3C1)C(=O)N2. The fourth-order valence-electron chi connectivity index (χ4n) is 7.36. The van der Waals surface area contributed by atoms with E-state index in [9.17, 15) is 4.79 Å². The third-order valence-electron chi connectivity index (χ3n) is 9.44. The standard InChI is InChI=1S/C29H36N4O3S/c1-35-20-4-7-26-23(14-20)29(28(34)30-26)15-24(29)19-3-5-22-25(31-32-27(22)13-19)6-2-18-12-21(37-17-18)16-33-8-10-36-11-9-33/h2,4,6-7,12,14,17,19,22,24-25,27,31-32H,3,5,8-11,13,15-16H2,1H3,(H,30,34)/b6-2+/t19?,22?,24?,25?,27?,29-/m0/s1. The zero-order valence-corrected chi connectivity index (χ0v) is 22.2. The number of benzene rings is 1. The number of thiophene rings is 1. The van der Waals surface area contributed by atoms with Gasteiger partial charge in [-0.05, 0) is 84.2 Å². The van der Waals surface area contributed by atoms with E-state index in [1.165, 1.54) is 23.3 Å². The van der Waals surface area contributed by atoms with Crippen LogP contribution in [0.25, 0.3) is 6.08 Å². The Morgan fingerprint density at radius 1 is 1.22 bits per heavy atom. The molecule has 2 saturated heterocycles. The number of anilines is 1. The van der Waals surface area contributed by atoms with Crippen molar-refractivity contribution in [1.29, 1.82) is 0 Å². The number of hydrazine groups is 1. The number of rotatable bonds is 6. The molecule has 2 aromatic rings. The van der Waals surface area contributed by atoms with E-state index in [1.54, 1.807) is 7.11 Å². The van der Waals surface area contributed by atoms with Crippen LogP contribution in [0.1, 0.15) is 41.7 Å². The molecule has 1 amide bonds. The first kappa shape index (κ1) is 23.9. The highest BCUT2D eigenvalue weighted by atomic mass is 32.1.